The fraction of sp³-hybridized carbons (Fsp3) is 0.286. The van der Waals surface area contributed by atoms with Crippen molar-refractivity contribution in [2.24, 2.45) is 0 Å². The van der Waals surface area contributed by atoms with Crippen molar-refractivity contribution in [3.63, 3.8) is 0 Å². The summed E-state index contributed by atoms with van der Waals surface area (Å²) in [7, 11) is 0. The molecule has 0 radical (unpaired) electrons. The highest BCUT2D eigenvalue weighted by Gasteiger charge is 2.06. The smallest absolute Gasteiger partial charge is 0.303 e. The van der Waals surface area contributed by atoms with Gasteiger partial charge < -0.3 is 14.8 Å². The first-order chi connectivity index (χ1) is 9.15. The fourth-order valence-corrected chi connectivity index (χ4v) is 1.79. The molecule has 19 heavy (non-hydrogen) atoms. The molecule has 2 rings (SSSR count). The van der Waals surface area contributed by atoms with Crippen molar-refractivity contribution < 1.29 is 14.3 Å². The van der Waals surface area contributed by atoms with E-state index in [1.165, 1.54) is 6.39 Å². The molecule has 2 aromatic rings. The lowest BCUT2D eigenvalue weighted by molar-refractivity contribution is -0.137. The van der Waals surface area contributed by atoms with Crippen molar-refractivity contribution in [1.82, 2.24) is 4.98 Å². The van der Waals surface area contributed by atoms with Gasteiger partial charge in [0, 0.05) is 23.7 Å². The molecule has 0 fully saturated rings. The molecule has 0 aliphatic carbocycles. The Morgan fingerprint density at radius 2 is 2.16 bits per heavy atom. The minimum absolute atomic E-state index is 0.118. The summed E-state index contributed by atoms with van der Waals surface area (Å²) in [5.74, 6) is -0.0419. The number of carboxylic acids is 1. The monoisotopic (exact) mass is 260 g/mol. The summed E-state index contributed by atoms with van der Waals surface area (Å²) >= 11 is 0. The average Bonchev–Trinajstić information content (AvgIpc) is 2.91. The van der Waals surface area contributed by atoms with Crippen molar-refractivity contribution in [1.29, 1.82) is 0 Å². The highest BCUT2D eigenvalue weighted by Crippen LogP contribution is 2.21. The number of anilines is 1. The van der Waals surface area contributed by atoms with E-state index < -0.39 is 5.97 Å². The van der Waals surface area contributed by atoms with Gasteiger partial charge >= 0.3 is 5.97 Å². The molecular formula is C14H16N2O3. The largest absolute Gasteiger partial charge is 0.481 e. The van der Waals surface area contributed by atoms with Crippen LogP contribution in [0.25, 0.3) is 11.3 Å². The minimum atomic E-state index is -0.769. The van der Waals surface area contributed by atoms with Crippen LogP contribution in [0.3, 0.4) is 0 Å². The van der Waals surface area contributed by atoms with E-state index in [9.17, 15) is 4.79 Å². The lowest BCUT2D eigenvalue weighted by Gasteiger charge is -2.14. The van der Waals surface area contributed by atoms with Crippen LogP contribution in [0.5, 0.6) is 0 Å². The molecule has 0 aliphatic rings. The summed E-state index contributed by atoms with van der Waals surface area (Å²) < 4.78 is 5.21. The van der Waals surface area contributed by atoms with Gasteiger partial charge in [-0.25, -0.2) is 4.98 Å². The molecule has 100 valence electrons. The number of carbonyl (C=O) groups is 1. The van der Waals surface area contributed by atoms with Crippen LogP contribution in [-0.2, 0) is 4.79 Å². The highest BCUT2D eigenvalue weighted by molar-refractivity contribution is 5.66. The van der Waals surface area contributed by atoms with Gasteiger partial charge in [0.1, 0.15) is 0 Å². The van der Waals surface area contributed by atoms with Crippen molar-refractivity contribution >= 4 is 11.7 Å². The first kappa shape index (κ1) is 13.1. The van der Waals surface area contributed by atoms with Crippen molar-refractivity contribution in [2.75, 3.05) is 5.32 Å². The Hall–Kier alpha value is -2.30. The normalized spacial score (nSPS) is 12.1. The Balaban J connectivity index is 1.93. The molecule has 1 unspecified atom stereocenters. The second-order valence-corrected chi connectivity index (χ2v) is 4.42. The Labute approximate surface area is 111 Å². The van der Waals surface area contributed by atoms with Crippen LogP contribution in [0.4, 0.5) is 5.69 Å². The van der Waals surface area contributed by atoms with Crippen LogP contribution in [0.15, 0.2) is 41.3 Å². The molecular weight excluding hydrogens is 244 g/mol. The van der Waals surface area contributed by atoms with Gasteiger partial charge in [-0.15, -0.1) is 0 Å². The number of nitrogens with zero attached hydrogens (tertiary/aromatic N) is 1. The van der Waals surface area contributed by atoms with E-state index in [4.69, 9.17) is 9.52 Å². The number of nitrogens with one attached hydrogen (secondary N) is 1. The molecule has 5 heteroatoms. The molecule has 0 amide bonds. The second kappa shape index (κ2) is 6.04. The average molecular weight is 260 g/mol. The van der Waals surface area contributed by atoms with Gasteiger partial charge in [0.2, 0.25) is 0 Å². The first-order valence-corrected chi connectivity index (χ1v) is 6.12. The fourth-order valence-electron chi connectivity index (χ4n) is 1.79. The molecule has 0 bridgehead atoms. The quantitative estimate of drug-likeness (QED) is 0.835. The van der Waals surface area contributed by atoms with Crippen LogP contribution >= 0.6 is 0 Å². The molecule has 5 nitrogen and oxygen atoms in total. The van der Waals surface area contributed by atoms with E-state index in [-0.39, 0.29) is 12.5 Å². The van der Waals surface area contributed by atoms with Crippen molar-refractivity contribution in [3.8, 4) is 11.3 Å². The zero-order chi connectivity index (χ0) is 13.7. The van der Waals surface area contributed by atoms with Crippen molar-refractivity contribution in [3.05, 3.63) is 36.9 Å². The van der Waals surface area contributed by atoms with Crippen LogP contribution < -0.4 is 5.32 Å². The second-order valence-electron chi connectivity index (χ2n) is 4.42. The molecule has 1 atom stereocenters. The van der Waals surface area contributed by atoms with Crippen molar-refractivity contribution in [2.45, 2.75) is 25.8 Å². The number of hydrogen-bond acceptors (Lipinski definition) is 4. The summed E-state index contributed by atoms with van der Waals surface area (Å²) in [5.41, 5.74) is 1.92. The third-order valence-electron chi connectivity index (χ3n) is 2.81. The number of benzene rings is 1. The molecule has 0 saturated carbocycles. The van der Waals surface area contributed by atoms with Crippen LogP contribution in [-0.4, -0.2) is 22.1 Å². The SMILES string of the molecule is CC(CCC(=O)O)Nc1ccc(-c2cnco2)cc1. The summed E-state index contributed by atoms with van der Waals surface area (Å²) in [5, 5.41) is 11.9. The number of aromatic nitrogens is 1. The van der Waals surface area contributed by atoms with Gasteiger partial charge in [-0.2, -0.15) is 0 Å². The molecule has 1 heterocycles. The molecule has 2 N–H and O–H groups in total. The van der Waals surface area contributed by atoms with E-state index in [0.29, 0.717) is 6.42 Å². The first-order valence-electron chi connectivity index (χ1n) is 6.12. The Morgan fingerprint density at radius 1 is 1.42 bits per heavy atom. The number of carboxylic acid groups (broad SMARTS) is 1. The third kappa shape index (κ3) is 3.84. The summed E-state index contributed by atoms with van der Waals surface area (Å²) in [6.45, 7) is 1.97. The lowest BCUT2D eigenvalue weighted by Crippen LogP contribution is -2.16. The van der Waals surface area contributed by atoms with Crippen LogP contribution in [0.1, 0.15) is 19.8 Å². The third-order valence-corrected chi connectivity index (χ3v) is 2.81. The number of rotatable bonds is 6. The Morgan fingerprint density at radius 3 is 2.74 bits per heavy atom. The van der Waals surface area contributed by atoms with E-state index in [0.717, 1.165) is 17.0 Å². The molecule has 0 saturated heterocycles. The lowest BCUT2D eigenvalue weighted by atomic mass is 10.1. The summed E-state index contributed by atoms with van der Waals surface area (Å²) in [4.78, 5) is 14.4. The maximum Gasteiger partial charge on any atom is 0.303 e. The number of oxazole rings is 1. The number of hydrogen-bond donors (Lipinski definition) is 2. The zero-order valence-corrected chi connectivity index (χ0v) is 10.7. The standard InChI is InChI=1S/C14H16N2O3/c1-10(2-7-14(17)18)16-12-5-3-11(4-6-12)13-8-15-9-19-13/h3-6,8-10,16H,2,7H2,1H3,(H,17,18). The van der Waals surface area contributed by atoms with Gasteiger partial charge in [0.05, 0.1) is 6.20 Å². The number of aliphatic carboxylic acids is 1. The topological polar surface area (TPSA) is 75.4 Å². The molecule has 1 aromatic carbocycles. The van der Waals surface area contributed by atoms with Gasteiger partial charge in [0.15, 0.2) is 12.2 Å². The predicted octanol–water partition coefficient (Wildman–Crippen LogP) is 3.01. The van der Waals surface area contributed by atoms with Crippen LogP contribution in [0, 0.1) is 0 Å². The molecule has 0 spiro atoms. The van der Waals surface area contributed by atoms with E-state index in [2.05, 4.69) is 10.3 Å². The van der Waals surface area contributed by atoms with Gasteiger partial charge in [0.25, 0.3) is 0 Å². The van der Waals surface area contributed by atoms with Crippen LogP contribution in [0.2, 0.25) is 0 Å². The van der Waals surface area contributed by atoms with Gasteiger partial charge in [-0.3, -0.25) is 4.79 Å². The predicted molar refractivity (Wildman–Crippen MR) is 71.9 cm³/mol. The highest BCUT2D eigenvalue weighted by atomic mass is 16.4. The summed E-state index contributed by atoms with van der Waals surface area (Å²) in [6.07, 6.45) is 3.83. The van der Waals surface area contributed by atoms with E-state index in [1.54, 1.807) is 6.20 Å². The molecule has 1 aromatic heterocycles. The maximum absolute atomic E-state index is 10.5. The van der Waals surface area contributed by atoms with Gasteiger partial charge in [-0.05, 0) is 37.6 Å². The van der Waals surface area contributed by atoms with Gasteiger partial charge in [-0.1, -0.05) is 0 Å². The summed E-state index contributed by atoms with van der Waals surface area (Å²) in [6, 6.07) is 7.87. The maximum atomic E-state index is 10.5. The Bertz CT molecular complexity index is 520. The Kier molecular flexibility index (Phi) is 4.18. The minimum Gasteiger partial charge on any atom is -0.481 e. The van der Waals surface area contributed by atoms with E-state index in [1.807, 2.05) is 31.2 Å². The molecule has 0 aliphatic heterocycles. The zero-order valence-electron chi connectivity index (χ0n) is 10.7. The van der Waals surface area contributed by atoms with E-state index >= 15 is 0 Å².